The van der Waals surface area contributed by atoms with Crippen molar-refractivity contribution in [3.63, 3.8) is 0 Å². The number of halogens is 1. The molecule has 0 unspecified atom stereocenters. The van der Waals surface area contributed by atoms with Crippen LogP contribution in [-0.2, 0) is 16.7 Å². The highest BCUT2D eigenvalue weighted by molar-refractivity contribution is 14.0. The molecule has 0 aliphatic heterocycles. The lowest BCUT2D eigenvalue weighted by atomic mass is 9.97. The molecule has 21 heavy (non-hydrogen) atoms. The van der Waals surface area contributed by atoms with E-state index in [-0.39, 0.29) is 29.4 Å². The lowest BCUT2D eigenvalue weighted by molar-refractivity contribution is 0.203. The molecule has 0 spiro atoms. The minimum Gasteiger partial charge on any atom is -0.383 e. The molecule has 0 aliphatic rings. The van der Waals surface area contributed by atoms with Crippen LogP contribution in [0.15, 0.2) is 9.52 Å². The molecule has 0 bridgehead atoms. The van der Waals surface area contributed by atoms with E-state index in [4.69, 9.17) is 9.26 Å². The Bertz CT molecular complexity index is 428. The van der Waals surface area contributed by atoms with E-state index in [0.29, 0.717) is 37.4 Å². The summed E-state index contributed by atoms with van der Waals surface area (Å²) in [5.74, 6) is 1.92. The average molecular weight is 411 g/mol. The first-order valence-electron chi connectivity index (χ1n) is 6.81. The Morgan fingerprint density at radius 3 is 2.57 bits per heavy atom. The Morgan fingerprint density at radius 2 is 2.05 bits per heavy atom. The number of guanidine groups is 1. The molecule has 0 fully saturated rings. The maximum Gasteiger partial charge on any atom is 0.232 e. The SMILES string of the molecule is CCNC(=NCc1noc(C(C)(C)C)n1)NCCOC.I. The molecular formula is C13H26IN5O2. The average Bonchev–Trinajstić information content (AvgIpc) is 2.85. The van der Waals surface area contributed by atoms with Crippen LogP contribution in [0.2, 0.25) is 0 Å². The number of nitrogens with zero attached hydrogens (tertiary/aromatic N) is 3. The quantitative estimate of drug-likeness (QED) is 0.321. The van der Waals surface area contributed by atoms with Crippen molar-refractivity contribution < 1.29 is 9.26 Å². The maximum atomic E-state index is 5.23. The van der Waals surface area contributed by atoms with E-state index in [9.17, 15) is 0 Å². The lowest BCUT2D eigenvalue weighted by Gasteiger charge is -2.10. The van der Waals surface area contributed by atoms with Crippen LogP contribution < -0.4 is 10.6 Å². The Labute approximate surface area is 143 Å². The highest BCUT2D eigenvalue weighted by Crippen LogP contribution is 2.19. The summed E-state index contributed by atoms with van der Waals surface area (Å²) in [4.78, 5) is 8.75. The molecule has 0 aliphatic carbocycles. The molecule has 0 amide bonds. The van der Waals surface area contributed by atoms with Gasteiger partial charge in [0.25, 0.3) is 0 Å². The number of methoxy groups -OCH3 is 1. The normalized spacial score (nSPS) is 12.0. The van der Waals surface area contributed by atoms with Gasteiger partial charge in [0, 0.05) is 25.6 Å². The van der Waals surface area contributed by atoms with Crippen molar-refractivity contribution in [2.45, 2.75) is 39.7 Å². The van der Waals surface area contributed by atoms with E-state index in [0.717, 1.165) is 6.54 Å². The molecule has 1 aromatic rings. The predicted octanol–water partition coefficient (Wildman–Crippen LogP) is 1.69. The molecule has 1 heterocycles. The number of nitrogens with one attached hydrogen (secondary N) is 2. The summed E-state index contributed by atoms with van der Waals surface area (Å²) in [6.45, 7) is 10.6. The van der Waals surface area contributed by atoms with Gasteiger partial charge in [-0.25, -0.2) is 4.99 Å². The molecule has 1 rings (SSSR count). The Morgan fingerprint density at radius 1 is 1.33 bits per heavy atom. The number of aliphatic imine (C=N–C) groups is 1. The first-order valence-corrected chi connectivity index (χ1v) is 6.81. The molecular weight excluding hydrogens is 385 g/mol. The van der Waals surface area contributed by atoms with E-state index in [2.05, 4.69) is 25.8 Å². The van der Waals surface area contributed by atoms with Crippen molar-refractivity contribution >= 4 is 29.9 Å². The third-order valence-electron chi connectivity index (χ3n) is 2.43. The van der Waals surface area contributed by atoms with Crippen LogP contribution in [0.25, 0.3) is 0 Å². The molecule has 0 radical (unpaired) electrons. The van der Waals surface area contributed by atoms with Gasteiger partial charge in [0.15, 0.2) is 11.8 Å². The standard InChI is InChI=1S/C13H25N5O2.HI/c1-6-14-12(15-7-8-19-5)16-9-10-17-11(20-18-10)13(2,3)4;/h6-9H2,1-5H3,(H2,14,15,16);1H. The third kappa shape index (κ3) is 7.60. The fourth-order valence-electron chi connectivity index (χ4n) is 1.39. The summed E-state index contributed by atoms with van der Waals surface area (Å²) in [6, 6.07) is 0. The zero-order chi connectivity index (χ0) is 15.0. The minimum absolute atomic E-state index is 0. The van der Waals surface area contributed by atoms with Crippen LogP contribution in [0.5, 0.6) is 0 Å². The highest BCUT2D eigenvalue weighted by Gasteiger charge is 2.21. The smallest absolute Gasteiger partial charge is 0.232 e. The largest absolute Gasteiger partial charge is 0.383 e. The van der Waals surface area contributed by atoms with E-state index in [1.54, 1.807) is 7.11 Å². The first kappa shape index (κ1) is 20.1. The summed E-state index contributed by atoms with van der Waals surface area (Å²) in [5, 5.41) is 10.2. The third-order valence-corrected chi connectivity index (χ3v) is 2.43. The van der Waals surface area contributed by atoms with Crippen LogP contribution in [-0.4, -0.2) is 42.9 Å². The zero-order valence-electron chi connectivity index (χ0n) is 13.4. The van der Waals surface area contributed by atoms with Crippen molar-refractivity contribution in [2.75, 3.05) is 26.8 Å². The highest BCUT2D eigenvalue weighted by atomic mass is 127. The molecule has 122 valence electrons. The van der Waals surface area contributed by atoms with Crippen molar-refractivity contribution in [3.05, 3.63) is 11.7 Å². The summed E-state index contributed by atoms with van der Waals surface area (Å²) < 4.78 is 10.2. The molecule has 2 N–H and O–H groups in total. The summed E-state index contributed by atoms with van der Waals surface area (Å²) in [5.41, 5.74) is -0.143. The first-order chi connectivity index (χ1) is 9.47. The van der Waals surface area contributed by atoms with Crippen LogP contribution >= 0.6 is 24.0 Å². The van der Waals surface area contributed by atoms with E-state index >= 15 is 0 Å². The van der Waals surface area contributed by atoms with Gasteiger partial charge in [-0.15, -0.1) is 24.0 Å². The van der Waals surface area contributed by atoms with E-state index in [1.807, 2.05) is 27.7 Å². The van der Waals surface area contributed by atoms with Gasteiger partial charge in [-0.05, 0) is 6.92 Å². The van der Waals surface area contributed by atoms with Crippen molar-refractivity contribution in [3.8, 4) is 0 Å². The van der Waals surface area contributed by atoms with Gasteiger partial charge in [0.1, 0.15) is 6.54 Å². The molecule has 1 aromatic heterocycles. The second-order valence-corrected chi connectivity index (χ2v) is 5.38. The van der Waals surface area contributed by atoms with Crippen LogP contribution in [0.1, 0.15) is 39.4 Å². The van der Waals surface area contributed by atoms with Gasteiger partial charge in [0.05, 0.1) is 6.61 Å². The van der Waals surface area contributed by atoms with Gasteiger partial charge >= 0.3 is 0 Å². The number of aromatic nitrogens is 2. The van der Waals surface area contributed by atoms with Crippen LogP contribution in [0, 0.1) is 0 Å². The van der Waals surface area contributed by atoms with Crippen LogP contribution in [0.4, 0.5) is 0 Å². The topological polar surface area (TPSA) is 84.6 Å². The fraction of sp³-hybridized carbons (Fsp3) is 0.769. The number of hydrogen-bond donors (Lipinski definition) is 2. The summed E-state index contributed by atoms with van der Waals surface area (Å²) in [6.07, 6.45) is 0. The van der Waals surface area contributed by atoms with E-state index in [1.165, 1.54) is 0 Å². The van der Waals surface area contributed by atoms with Gasteiger partial charge in [-0.2, -0.15) is 4.98 Å². The zero-order valence-corrected chi connectivity index (χ0v) is 15.7. The number of rotatable bonds is 6. The Hall–Kier alpha value is -0.900. The lowest BCUT2D eigenvalue weighted by Crippen LogP contribution is -2.38. The second kappa shape index (κ2) is 9.93. The van der Waals surface area contributed by atoms with Crippen molar-refractivity contribution in [2.24, 2.45) is 4.99 Å². The Balaban J connectivity index is 0.00000400. The van der Waals surface area contributed by atoms with Gasteiger partial charge in [0.2, 0.25) is 5.89 Å². The van der Waals surface area contributed by atoms with Gasteiger partial charge in [-0.1, -0.05) is 25.9 Å². The summed E-state index contributed by atoms with van der Waals surface area (Å²) >= 11 is 0. The number of hydrogen-bond acceptors (Lipinski definition) is 5. The molecule has 0 atom stereocenters. The predicted molar refractivity (Wildman–Crippen MR) is 93.1 cm³/mol. The molecule has 8 heteroatoms. The van der Waals surface area contributed by atoms with E-state index < -0.39 is 0 Å². The van der Waals surface area contributed by atoms with Crippen LogP contribution in [0.3, 0.4) is 0 Å². The molecule has 0 aromatic carbocycles. The van der Waals surface area contributed by atoms with Gasteiger partial charge in [-0.3, -0.25) is 0 Å². The number of ether oxygens (including phenoxy) is 1. The molecule has 7 nitrogen and oxygen atoms in total. The Kier molecular flexibility index (Phi) is 9.51. The molecule has 0 saturated heterocycles. The molecule has 0 saturated carbocycles. The van der Waals surface area contributed by atoms with Crippen molar-refractivity contribution in [1.29, 1.82) is 0 Å². The maximum absolute atomic E-state index is 5.23. The summed E-state index contributed by atoms with van der Waals surface area (Å²) in [7, 11) is 1.67. The monoisotopic (exact) mass is 411 g/mol. The fourth-order valence-corrected chi connectivity index (χ4v) is 1.39. The second-order valence-electron chi connectivity index (χ2n) is 5.38. The minimum atomic E-state index is -0.143. The van der Waals surface area contributed by atoms with Crippen molar-refractivity contribution in [1.82, 2.24) is 20.8 Å². The van der Waals surface area contributed by atoms with Gasteiger partial charge < -0.3 is 19.9 Å².